The van der Waals surface area contributed by atoms with Crippen LogP contribution in [0, 0.1) is 0 Å². The highest BCUT2D eigenvalue weighted by Crippen LogP contribution is 2.28. The number of thiophene rings is 1. The largest absolute Gasteiger partial charge is 0.369 e. The molecule has 0 saturated carbocycles. The van der Waals surface area contributed by atoms with E-state index < -0.39 is 0 Å². The van der Waals surface area contributed by atoms with Gasteiger partial charge >= 0.3 is 0 Å². The molecule has 0 fully saturated rings. The topological polar surface area (TPSA) is 49.8 Å². The van der Waals surface area contributed by atoms with E-state index in [4.69, 9.17) is 11.6 Å². The van der Waals surface area contributed by atoms with Gasteiger partial charge in [-0.05, 0) is 34.5 Å². The fraction of sp³-hybridized carbons (Fsp3) is 0.333. The lowest BCUT2D eigenvalue weighted by atomic mass is 10.4. The lowest BCUT2D eigenvalue weighted by Crippen LogP contribution is -2.07. The smallest absolute Gasteiger partial charge is 0.146 e. The van der Waals surface area contributed by atoms with Crippen LogP contribution in [-0.4, -0.2) is 16.5 Å². The van der Waals surface area contributed by atoms with Gasteiger partial charge in [0.2, 0.25) is 0 Å². The van der Waals surface area contributed by atoms with Gasteiger partial charge in [-0.25, -0.2) is 9.97 Å². The van der Waals surface area contributed by atoms with E-state index in [1.807, 2.05) is 12.1 Å². The summed E-state index contributed by atoms with van der Waals surface area (Å²) in [4.78, 5) is 9.60. The molecule has 7 heteroatoms. The van der Waals surface area contributed by atoms with E-state index >= 15 is 0 Å². The Bertz CT molecular complexity index is 546. The third-order valence-corrected chi connectivity index (χ3v) is 4.37. The normalized spacial score (nSPS) is 10.5. The molecule has 0 amide bonds. The molecule has 0 unspecified atom stereocenters. The summed E-state index contributed by atoms with van der Waals surface area (Å²) in [5.74, 6) is 1.58. The zero-order chi connectivity index (χ0) is 13.7. The molecule has 19 heavy (non-hydrogen) atoms. The lowest BCUT2D eigenvalue weighted by molar-refractivity contribution is 0.960. The molecule has 4 nitrogen and oxygen atoms in total. The number of hydrogen-bond acceptors (Lipinski definition) is 5. The number of halogens is 2. The number of nitrogens with one attached hydrogen (secondary N) is 2. The Morgan fingerprint density at radius 3 is 2.63 bits per heavy atom. The lowest BCUT2D eigenvalue weighted by Gasteiger charge is -2.10. The van der Waals surface area contributed by atoms with Gasteiger partial charge in [0.1, 0.15) is 22.4 Å². The summed E-state index contributed by atoms with van der Waals surface area (Å²) in [6.45, 7) is 3.69. The predicted octanol–water partition coefficient (Wildman–Crippen LogP) is 4.39. The number of nitrogens with zero attached hydrogens (tertiary/aromatic N) is 2. The summed E-state index contributed by atoms with van der Waals surface area (Å²) in [5, 5.41) is 6.52. The molecule has 0 radical (unpaired) electrons. The van der Waals surface area contributed by atoms with Crippen LogP contribution in [0.25, 0.3) is 0 Å². The predicted molar refractivity (Wildman–Crippen MR) is 85.2 cm³/mol. The first-order valence-corrected chi connectivity index (χ1v) is 7.92. The molecule has 0 spiro atoms. The van der Waals surface area contributed by atoms with Gasteiger partial charge in [-0.1, -0.05) is 18.5 Å². The van der Waals surface area contributed by atoms with Gasteiger partial charge in [0, 0.05) is 11.4 Å². The van der Waals surface area contributed by atoms with Crippen molar-refractivity contribution >= 4 is 50.5 Å². The second-order valence-electron chi connectivity index (χ2n) is 3.87. The third kappa shape index (κ3) is 4.06. The van der Waals surface area contributed by atoms with Gasteiger partial charge in [-0.15, -0.1) is 11.3 Å². The van der Waals surface area contributed by atoms with Crippen molar-refractivity contribution in [1.29, 1.82) is 0 Å². The molecule has 2 N–H and O–H groups in total. The molecule has 0 aliphatic rings. The van der Waals surface area contributed by atoms with Crippen molar-refractivity contribution in [3.8, 4) is 0 Å². The van der Waals surface area contributed by atoms with E-state index in [0.717, 1.165) is 33.4 Å². The second kappa shape index (κ2) is 7.07. The zero-order valence-electron chi connectivity index (χ0n) is 10.4. The minimum absolute atomic E-state index is 0.695. The van der Waals surface area contributed by atoms with E-state index in [1.165, 1.54) is 4.88 Å². The van der Waals surface area contributed by atoms with Crippen molar-refractivity contribution in [1.82, 2.24) is 9.97 Å². The van der Waals surface area contributed by atoms with E-state index in [9.17, 15) is 0 Å². The van der Waals surface area contributed by atoms with Crippen molar-refractivity contribution in [2.45, 2.75) is 19.9 Å². The van der Waals surface area contributed by atoms with E-state index in [0.29, 0.717) is 6.54 Å². The zero-order valence-corrected chi connectivity index (χ0v) is 13.6. The van der Waals surface area contributed by atoms with Gasteiger partial charge < -0.3 is 10.6 Å². The Morgan fingerprint density at radius 1 is 1.26 bits per heavy atom. The summed E-state index contributed by atoms with van der Waals surface area (Å²) in [7, 11) is 0. The van der Waals surface area contributed by atoms with Gasteiger partial charge in [-0.2, -0.15) is 0 Å². The number of aromatic nitrogens is 2. The van der Waals surface area contributed by atoms with Crippen LogP contribution < -0.4 is 10.6 Å². The summed E-state index contributed by atoms with van der Waals surface area (Å²) in [6.07, 6.45) is 2.60. The van der Waals surface area contributed by atoms with Crippen molar-refractivity contribution in [2.24, 2.45) is 0 Å². The van der Waals surface area contributed by atoms with Crippen LogP contribution in [-0.2, 0) is 6.54 Å². The molecule has 0 aliphatic carbocycles. The van der Waals surface area contributed by atoms with Crippen LogP contribution in [0.5, 0.6) is 0 Å². The molecule has 2 aromatic rings. The monoisotopic (exact) mass is 360 g/mol. The van der Waals surface area contributed by atoms with E-state index in [1.54, 1.807) is 17.7 Å². The average molecular weight is 362 g/mol. The molecular weight excluding hydrogens is 348 g/mol. The second-order valence-corrected chi connectivity index (χ2v) is 6.46. The average Bonchev–Trinajstić information content (AvgIpc) is 2.82. The van der Waals surface area contributed by atoms with Crippen LogP contribution in [0.3, 0.4) is 0 Å². The van der Waals surface area contributed by atoms with Crippen LogP contribution in [0.15, 0.2) is 22.9 Å². The van der Waals surface area contributed by atoms with Crippen molar-refractivity contribution in [3.05, 3.63) is 32.1 Å². The molecule has 0 bridgehead atoms. The first-order valence-electron chi connectivity index (χ1n) is 5.93. The van der Waals surface area contributed by atoms with Gasteiger partial charge in [0.15, 0.2) is 0 Å². The summed E-state index contributed by atoms with van der Waals surface area (Å²) in [6, 6.07) is 3.90. The highest BCUT2D eigenvalue weighted by molar-refractivity contribution is 9.10. The number of anilines is 2. The van der Waals surface area contributed by atoms with Gasteiger partial charge in [-0.3, -0.25) is 0 Å². The maximum Gasteiger partial charge on any atom is 0.146 e. The summed E-state index contributed by atoms with van der Waals surface area (Å²) in [5.41, 5.74) is 0. The molecule has 102 valence electrons. The highest BCUT2D eigenvalue weighted by Gasteiger charge is 2.08. The maximum absolute atomic E-state index is 5.90. The first kappa shape index (κ1) is 14.6. The number of rotatable bonds is 6. The van der Waals surface area contributed by atoms with Crippen molar-refractivity contribution < 1.29 is 0 Å². The molecule has 0 aliphatic heterocycles. The molecule has 2 heterocycles. The molecule has 0 saturated heterocycles. The van der Waals surface area contributed by atoms with Crippen LogP contribution in [0.2, 0.25) is 4.34 Å². The molecule has 2 rings (SSSR count). The van der Waals surface area contributed by atoms with Crippen molar-refractivity contribution in [2.75, 3.05) is 17.2 Å². The molecular formula is C12H14BrClN4S. The minimum atomic E-state index is 0.695. The third-order valence-electron chi connectivity index (χ3n) is 2.39. The maximum atomic E-state index is 5.90. The highest BCUT2D eigenvalue weighted by atomic mass is 79.9. The Morgan fingerprint density at radius 2 is 2.00 bits per heavy atom. The fourth-order valence-electron chi connectivity index (χ4n) is 1.48. The summed E-state index contributed by atoms with van der Waals surface area (Å²) < 4.78 is 1.65. The SMILES string of the molecule is CCCNc1ncnc(NCc2ccc(Cl)s2)c1Br. The Labute approximate surface area is 129 Å². The molecule has 2 aromatic heterocycles. The summed E-state index contributed by atoms with van der Waals surface area (Å²) >= 11 is 11.0. The number of hydrogen-bond donors (Lipinski definition) is 2. The fourth-order valence-corrected chi connectivity index (χ4v) is 2.99. The standard InChI is InChI=1S/C12H14BrClN4S/c1-2-5-15-11-10(13)12(18-7-17-11)16-6-8-3-4-9(14)19-8/h3-4,7H,2,5-6H2,1H3,(H2,15,16,17,18). The van der Waals surface area contributed by atoms with E-state index in [2.05, 4.69) is 43.5 Å². The van der Waals surface area contributed by atoms with Crippen molar-refractivity contribution in [3.63, 3.8) is 0 Å². The first-order chi connectivity index (χ1) is 9.20. The van der Waals surface area contributed by atoms with E-state index in [-0.39, 0.29) is 0 Å². The quantitative estimate of drug-likeness (QED) is 0.801. The minimum Gasteiger partial charge on any atom is -0.369 e. The van der Waals surface area contributed by atoms with Gasteiger partial charge in [0.05, 0.1) is 10.9 Å². The Balaban J connectivity index is 2.03. The molecule has 0 aromatic carbocycles. The van der Waals surface area contributed by atoms with Crippen LogP contribution >= 0.6 is 38.9 Å². The van der Waals surface area contributed by atoms with Gasteiger partial charge in [0.25, 0.3) is 0 Å². The Hall–Kier alpha value is -0.850. The molecule has 0 atom stereocenters. The van der Waals surface area contributed by atoms with Crippen LogP contribution in [0.4, 0.5) is 11.6 Å². The Kier molecular flexibility index (Phi) is 5.42. The van der Waals surface area contributed by atoms with Crippen LogP contribution in [0.1, 0.15) is 18.2 Å².